The molecule has 0 saturated carbocycles. The second-order valence-electron chi connectivity index (χ2n) is 32.6. The van der Waals surface area contributed by atoms with E-state index in [2.05, 4.69) is 125 Å². The first-order valence-electron chi connectivity index (χ1n) is 44.8. The molecule has 8 aliphatic heterocycles. The van der Waals surface area contributed by atoms with E-state index in [0.717, 1.165) is 0 Å². The topological polar surface area (TPSA) is 453 Å². The van der Waals surface area contributed by atoms with E-state index in [9.17, 15) is 66.1 Å². The first-order valence-corrected chi connectivity index (χ1v) is 51.5. The van der Waals surface area contributed by atoms with Crippen molar-refractivity contribution in [1.82, 2.24) is 60.8 Å². The highest BCUT2D eigenvalue weighted by atomic mass is 79.9. The monoisotopic (exact) mass is 2290 g/mol. The molecule has 16 rings (SSSR count). The molecule has 4 saturated heterocycles. The summed E-state index contributed by atoms with van der Waals surface area (Å²) in [5, 5.41) is 59.7. The second-order valence-corrected chi connectivity index (χ2v) is 39.5. The molecule has 0 unspecified atom stereocenters. The van der Waals surface area contributed by atoms with E-state index in [1.165, 1.54) is 108 Å². The molecule has 4 fully saturated rings. The molecule has 4 aromatic carbocycles. The Morgan fingerprint density at radius 2 is 0.599 bits per heavy atom. The number of amidine groups is 4. The maximum atomic E-state index is 13.9. The van der Waals surface area contributed by atoms with Gasteiger partial charge in [-0.15, -0.1) is 45.3 Å². The SMILES string of the molecule is CCOC(=O)C1=C(CN2CCOC[C@@H]2CCC(=O)O)NC(c2nccs2)=N[C@H]1c1ccc(F)cc1Br.CCOC(=O)C1=C(CN2CCOC[C@H]2CCC(=O)O)NC(c2nccs2)=N[C@H]1c1ccc(F)cc1Br.COC(=O)C1=C(CN2CCOC[C@@H]2CCC(=O)O)NC(c2nccs2)=N[C@H]1c1ccc(F)cc1Br.COC(=O)C1=C(CN2CCOC[C@H]2CCC(=O)O)NC(c2nccs2)=N[C@H]1c1ccc(F)cc1Br. The maximum Gasteiger partial charge on any atom is 0.338 e. The molecule has 4 aromatic heterocycles. The molecule has 8 atom stereocenters. The summed E-state index contributed by atoms with van der Waals surface area (Å²) in [6.45, 7) is 10.9. The average molecular weight is 2300 g/mol. The number of carbonyl (C=O) groups is 8. The third-order valence-corrected chi connectivity index (χ3v) is 29.3. The molecule has 8 aliphatic rings. The fourth-order valence-corrected chi connectivity index (χ4v) is 21.3. The number of hydrogen-bond donors (Lipinski definition) is 8. The van der Waals surface area contributed by atoms with Crippen LogP contribution in [-0.2, 0) is 76.3 Å². The number of aliphatic imine (C=N–C) groups is 4. The van der Waals surface area contributed by atoms with E-state index >= 15 is 0 Å². The molecule has 8 aromatic rings. The number of carbonyl (C=O) groups excluding carboxylic acids is 4. The summed E-state index contributed by atoms with van der Waals surface area (Å²) in [6.07, 6.45) is 8.37. The normalized spacial score (nSPS) is 20.7. The number of methoxy groups -OCH3 is 2. The molecule has 8 N–H and O–H groups in total. The number of morpholine rings is 4. The van der Waals surface area contributed by atoms with E-state index in [1.807, 2.05) is 21.5 Å². The van der Waals surface area contributed by atoms with Gasteiger partial charge in [0.1, 0.15) is 47.4 Å². The van der Waals surface area contributed by atoms with Crippen molar-refractivity contribution in [3.05, 3.63) is 248 Å². The van der Waals surface area contributed by atoms with Crippen molar-refractivity contribution in [2.24, 2.45) is 20.0 Å². The van der Waals surface area contributed by atoms with Crippen LogP contribution < -0.4 is 21.3 Å². The highest BCUT2D eigenvalue weighted by molar-refractivity contribution is 9.11. The Hall–Kier alpha value is -10.7. The zero-order valence-corrected chi connectivity index (χ0v) is 86.5. The van der Waals surface area contributed by atoms with Crippen LogP contribution in [0.4, 0.5) is 17.6 Å². The third-order valence-electron chi connectivity index (χ3n) is 23.5. The lowest BCUT2D eigenvalue weighted by molar-refractivity contribution is -0.140. The molecule has 0 aliphatic carbocycles. The van der Waals surface area contributed by atoms with Gasteiger partial charge >= 0.3 is 47.8 Å². The Morgan fingerprint density at radius 3 is 0.789 bits per heavy atom. The minimum absolute atomic E-state index is 0.0117. The van der Waals surface area contributed by atoms with Crippen molar-refractivity contribution in [2.45, 2.75) is 114 Å². The molecule has 0 amide bonds. The molecular formula is C94H100Br4F4N16O20S4. The predicted octanol–water partition coefficient (Wildman–Crippen LogP) is 13.3. The van der Waals surface area contributed by atoms with E-state index in [-0.39, 0.29) is 63.1 Å². The van der Waals surface area contributed by atoms with Crippen LogP contribution in [0.25, 0.3) is 0 Å². The molecule has 48 heteroatoms. The standard InChI is InChI=1S/2C24H26BrFN4O5S.2C23H24BrFN4O5S/c2*1-2-35-24(33)20-18(12-30-8-9-34-13-15(30)4-6-19(31)32)28-22(23-27-7-10-36-23)29-21(20)16-5-3-14(26)11-17(16)25;2*1-33-23(32)19-17(11-29-7-8-34-12-14(29)3-5-18(30)31)27-21(22-26-6-9-35-22)28-20(19)15-4-2-13(25)10-16(15)24/h2*3,5,7,10-11,15,21H,2,4,6,8-9,12-13H2,1H3,(H,28,29)(H,31,32);2*2,4,6,9-10,14,20H,3,5,7-8,11-12H2,1H3,(H,27,28)(H,30,31)/t15-,21+;15-,21-;14-,20+;14-,20-/m1010/s1. The summed E-state index contributed by atoms with van der Waals surface area (Å²) >= 11 is 19.3. The van der Waals surface area contributed by atoms with Crippen LogP contribution >= 0.6 is 109 Å². The van der Waals surface area contributed by atoms with Crippen LogP contribution in [0.15, 0.2) is 202 Å². The molecular weight excluding hydrogens is 2200 g/mol. The summed E-state index contributed by atoms with van der Waals surface area (Å²) in [5.41, 5.74) is 5.94. The van der Waals surface area contributed by atoms with E-state index in [0.29, 0.717) is 259 Å². The number of esters is 4. The molecule has 36 nitrogen and oxygen atoms in total. The Bertz CT molecular complexity index is 5740. The summed E-state index contributed by atoms with van der Waals surface area (Å²) in [7, 11) is 2.60. The lowest BCUT2D eigenvalue weighted by atomic mass is 9.95. The van der Waals surface area contributed by atoms with Crippen LogP contribution in [0.2, 0.25) is 0 Å². The zero-order chi connectivity index (χ0) is 101. The predicted molar refractivity (Wildman–Crippen MR) is 532 cm³/mol. The number of carboxylic acids is 4. The number of rotatable bonds is 34. The number of aliphatic carboxylic acids is 4. The summed E-state index contributed by atoms with van der Waals surface area (Å²) in [4.78, 5) is 142. The Labute approximate surface area is 862 Å². The summed E-state index contributed by atoms with van der Waals surface area (Å²) < 4.78 is 101. The third kappa shape index (κ3) is 28.9. The van der Waals surface area contributed by atoms with E-state index < -0.39 is 95.2 Å². The maximum absolute atomic E-state index is 13.9. The fraction of sp³-hybridized carbons (Fsp3) is 0.404. The summed E-state index contributed by atoms with van der Waals surface area (Å²) in [5.74, 6) is -5.40. The van der Waals surface area contributed by atoms with Crippen molar-refractivity contribution in [2.75, 3.05) is 133 Å². The molecule has 756 valence electrons. The highest BCUT2D eigenvalue weighted by Crippen LogP contribution is 2.44. The van der Waals surface area contributed by atoms with Crippen LogP contribution in [-0.4, -0.2) is 288 Å². The van der Waals surface area contributed by atoms with Crippen molar-refractivity contribution < 1.29 is 114 Å². The number of ether oxygens (including phenoxy) is 8. The largest absolute Gasteiger partial charge is 0.481 e. The van der Waals surface area contributed by atoms with Crippen LogP contribution in [0.1, 0.15) is 132 Å². The van der Waals surface area contributed by atoms with Gasteiger partial charge in [-0.05, 0) is 110 Å². The molecule has 12 heterocycles. The average Bonchev–Trinajstić information content (AvgIpc) is 1.05. The molecule has 0 radical (unpaired) electrons. The van der Waals surface area contributed by atoms with Gasteiger partial charge in [0.15, 0.2) is 43.4 Å². The Kier molecular flexibility index (Phi) is 40.3. The van der Waals surface area contributed by atoms with Gasteiger partial charge in [0.25, 0.3) is 0 Å². The fourth-order valence-electron chi connectivity index (χ4n) is 16.7. The molecule has 0 bridgehead atoms. The minimum Gasteiger partial charge on any atom is -0.481 e. The summed E-state index contributed by atoms with van der Waals surface area (Å²) in [6, 6.07) is 13.4. The number of thiazole rings is 4. The van der Waals surface area contributed by atoms with Crippen molar-refractivity contribution in [1.29, 1.82) is 0 Å². The Morgan fingerprint density at radius 1 is 0.373 bits per heavy atom. The lowest BCUT2D eigenvalue weighted by Crippen LogP contribution is -2.49. The van der Waals surface area contributed by atoms with Crippen LogP contribution in [0.3, 0.4) is 0 Å². The minimum atomic E-state index is -0.875. The quantitative estimate of drug-likeness (QED) is 0.0105. The number of aromatic nitrogens is 4. The number of halogens is 8. The van der Waals surface area contributed by atoms with Crippen LogP contribution in [0, 0.1) is 23.3 Å². The van der Waals surface area contributed by atoms with Crippen molar-refractivity contribution in [3.63, 3.8) is 0 Å². The zero-order valence-electron chi connectivity index (χ0n) is 76.9. The first kappa shape index (κ1) is 109. The lowest BCUT2D eigenvalue weighted by Gasteiger charge is -2.37. The van der Waals surface area contributed by atoms with Gasteiger partial charge in [0, 0.05) is 189 Å². The van der Waals surface area contributed by atoms with Gasteiger partial charge in [-0.1, -0.05) is 88.0 Å². The molecule has 0 spiro atoms. The smallest absolute Gasteiger partial charge is 0.338 e. The molecule has 142 heavy (non-hydrogen) atoms. The van der Waals surface area contributed by atoms with Crippen molar-refractivity contribution in [3.8, 4) is 0 Å². The van der Waals surface area contributed by atoms with Gasteiger partial charge in [-0.3, -0.25) is 58.7 Å². The van der Waals surface area contributed by atoms with Gasteiger partial charge in [-0.2, -0.15) is 0 Å². The number of nitrogens with one attached hydrogen (secondary N) is 4. The van der Waals surface area contributed by atoms with Gasteiger partial charge in [0.05, 0.1) is 103 Å². The first-order chi connectivity index (χ1) is 68.5. The van der Waals surface area contributed by atoms with Gasteiger partial charge in [0.2, 0.25) is 0 Å². The number of hydrogen-bond acceptors (Lipinski definition) is 36. The van der Waals surface area contributed by atoms with Gasteiger partial charge in [-0.25, -0.2) is 56.7 Å². The van der Waals surface area contributed by atoms with E-state index in [4.69, 9.17) is 68.1 Å². The number of benzene rings is 4. The second kappa shape index (κ2) is 52.7. The van der Waals surface area contributed by atoms with Gasteiger partial charge < -0.3 is 79.6 Å². The number of carboxylic acid groups (broad SMARTS) is 4. The number of nitrogens with zero attached hydrogens (tertiary/aromatic N) is 12. The Balaban J connectivity index is 0.000000159. The highest BCUT2D eigenvalue weighted by Gasteiger charge is 2.43. The van der Waals surface area contributed by atoms with Crippen molar-refractivity contribution >= 4 is 180 Å². The van der Waals surface area contributed by atoms with E-state index in [1.54, 1.807) is 62.9 Å². The van der Waals surface area contributed by atoms with Crippen LogP contribution in [0.5, 0.6) is 0 Å².